The van der Waals surface area contributed by atoms with Gasteiger partial charge in [0.15, 0.2) is 0 Å². The lowest BCUT2D eigenvalue weighted by atomic mass is 10.1. The quantitative estimate of drug-likeness (QED) is 0.682. The van der Waals surface area contributed by atoms with Gasteiger partial charge in [-0.25, -0.2) is 0 Å². The molecule has 5 heteroatoms. The molecule has 1 aliphatic rings. The second-order valence-electron chi connectivity index (χ2n) is 6.33. The third-order valence-electron chi connectivity index (χ3n) is 4.24. The van der Waals surface area contributed by atoms with Crippen molar-refractivity contribution in [1.29, 1.82) is 0 Å². The van der Waals surface area contributed by atoms with Gasteiger partial charge in [-0.15, -0.1) is 0 Å². The maximum Gasteiger partial charge on any atom is 0.307 e. The Kier molecular flexibility index (Phi) is 4.96. The molecule has 0 aromatic rings. The molecule has 2 N–H and O–H groups in total. The summed E-state index contributed by atoms with van der Waals surface area (Å²) in [5.41, 5.74) is -0.412. The summed E-state index contributed by atoms with van der Waals surface area (Å²) in [6.07, 6.45) is 0.880. The molecular formula is C14H26N2O3. The highest BCUT2D eigenvalue weighted by Gasteiger charge is 2.65. The average Bonchev–Trinajstić information content (AvgIpc) is 2.87. The van der Waals surface area contributed by atoms with Crippen molar-refractivity contribution in [1.82, 2.24) is 10.2 Å². The van der Waals surface area contributed by atoms with Gasteiger partial charge >= 0.3 is 5.97 Å². The van der Waals surface area contributed by atoms with Crippen LogP contribution in [0.3, 0.4) is 0 Å². The summed E-state index contributed by atoms with van der Waals surface area (Å²) in [5.74, 6) is -1.91. The number of rotatable bonds is 7. The largest absolute Gasteiger partial charge is 0.481 e. The molecule has 0 heterocycles. The number of carboxylic acids is 1. The Balaban J connectivity index is 2.28. The Morgan fingerprint density at radius 2 is 1.89 bits per heavy atom. The molecule has 19 heavy (non-hydrogen) atoms. The molecule has 0 saturated heterocycles. The van der Waals surface area contributed by atoms with E-state index in [9.17, 15) is 9.59 Å². The molecule has 0 unspecified atom stereocenters. The van der Waals surface area contributed by atoms with Crippen molar-refractivity contribution in [2.24, 2.45) is 17.3 Å². The predicted molar refractivity (Wildman–Crippen MR) is 73.8 cm³/mol. The number of amides is 1. The molecule has 0 aromatic carbocycles. The molecule has 1 rings (SSSR count). The van der Waals surface area contributed by atoms with E-state index in [1.807, 2.05) is 13.8 Å². The van der Waals surface area contributed by atoms with Crippen molar-refractivity contribution >= 4 is 11.9 Å². The number of nitrogens with one attached hydrogen (secondary N) is 1. The number of hydrogen-bond acceptors (Lipinski definition) is 3. The first-order chi connectivity index (χ1) is 8.69. The molecule has 0 aliphatic heterocycles. The molecule has 0 bridgehead atoms. The number of carbonyl (C=O) groups is 2. The zero-order chi connectivity index (χ0) is 14.8. The number of hydrogen-bond donors (Lipinski definition) is 2. The lowest BCUT2D eigenvalue weighted by Crippen LogP contribution is -2.32. The van der Waals surface area contributed by atoms with E-state index < -0.39 is 17.3 Å². The summed E-state index contributed by atoms with van der Waals surface area (Å²) in [5, 5.41) is 11.9. The van der Waals surface area contributed by atoms with Gasteiger partial charge < -0.3 is 15.3 Å². The normalized spacial score (nSPS) is 24.6. The number of carbonyl (C=O) groups excluding carboxylic acids is 1. The molecule has 1 saturated carbocycles. The van der Waals surface area contributed by atoms with E-state index in [4.69, 9.17) is 5.11 Å². The van der Waals surface area contributed by atoms with E-state index >= 15 is 0 Å². The van der Waals surface area contributed by atoms with Gasteiger partial charge in [0.05, 0.1) is 11.8 Å². The predicted octanol–water partition coefficient (Wildman–Crippen LogP) is 1.19. The summed E-state index contributed by atoms with van der Waals surface area (Å²) >= 11 is 0. The standard InChI is InChI=1S/C14H26N2O3/c1-9(2)16(5)8-6-7-15-12(17)10-11(13(18)19)14(10,3)4/h9-11H,6-8H2,1-5H3,(H,15,17)(H,18,19)/t10-,11+/m1/s1. The fourth-order valence-corrected chi connectivity index (χ4v) is 2.50. The molecule has 0 radical (unpaired) electrons. The molecule has 5 nitrogen and oxygen atoms in total. The highest BCUT2D eigenvalue weighted by atomic mass is 16.4. The van der Waals surface area contributed by atoms with E-state index in [-0.39, 0.29) is 11.8 Å². The number of nitrogens with zero attached hydrogens (tertiary/aromatic N) is 1. The van der Waals surface area contributed by atoms with Gasteiger partial charge in [-0.05, 0) is 39.3 Å². The lowest BCUT2D eigenvalue weighted by molar-refractivity contribution is -0.140. The molecule has 110 valence electrons. The SMILES string of the molecule is CC(C)N(C)CCCNC(=O)[C@H]1[C@@H](C(=O)O)C1(C)C. The summed E-state index contributed by atoms with van der Waals surface area (Å²) in [4.78, 5) is 25.1. The lowest BCUT2D eigenvalue weighted by Gasteiger charge is -2.20. The second-order valence-corrected chi connectivity index (χ2v) is 6.33. The summed E-state index contributed by atoms with van der Waals surface area (Å²) < 4.78 is 0. The molecule has 1 amide bonds. The van der Waals surface area contributed by atoms with E-state index in [2.05, 4.69) is 31.1 Å². The van der Waals surface area contributed by atoms with Crippen molar-refractivity contribution in [3.8, 4) is 0 Å². The maximum absolute atomic E-state index is 11.9. The minimum atomic E-state index is -0.871. The van der Waals surface area contributed by atoms with Crippen molar-refractivity contribution in [2.45, 2.75) is 40.2 Å². The van der Waals surface area contributed by atoms with Crippen LogP contribution >= 0.6 is 0 Å². The first-order valence-electron chi connectivity index (χ1n) is 6.90. The Morgan fingerprint density at radius 3 is 2.32 bits per heavy atom. The highest BCUT2D eigenvalue weighted by molar-refractivity contribution is 5.91. The molecule has 1 fully saturated rings. The molecule has 0 aromatic heterocycles. The van der Waals surface area contributed by atoms with Gasteiger partial charge in [0.25, 0.3) is 0 Å². The van der Waals surface area contributed by atoms with E-state index in [1.54, 1.807) is 0 Å². The Hall–Kier alpha value is -1.10. The van der Waals surface area contributed by atoms with Crippen LogP contribution in [0.5, 0.6) is 0 Å². The number of carboxylic acid groups (broad SMARTS) is 1. The monoisotopic (exact) mass is 270 g/mol. The van der Waals surface area contributed by atoms with Gasteiger partial charge in [0.2, 0.25) is 5.91 Å². The van der Waals surface area contributed by atoms with Crippen LogP contribution in [0.25, 0.3) is 0 Å². The summed E-state index contributed by atoms with van der Waals surface area (Å²) in [6.45, 7) is 9.46. The number of aliphatic carboxylic acids is 1. The van der Waals surface area contributed by atoms with Crippen molar-refractivity contribution < 1.29 is 14.7 Å². The zero-order valence-electron chi connectivity index (χ0n) is 12.6. The fraction of sp³-hybridized carbons (Fsp3) is 0.857. The van der Waals surface area contributed by atoms with Gasteiger partial charge in [-0.2, -0.15) is 0 Å². The Morgan fingerprint density at radius 1 is 1.32 bits per heavy atom. The van der Waals surface area contributed by atoms with E-state index in [0.29, 0.717) is 12.6 Å². The van der Waals surface area contributed by atoms with Crippen molar-refractivity contribution in [3.05, 3.63) is 0 Å². The van der Waals surface area contributed by atoms with E-state index in [1.165, 1.54) is 0 Å². The molecule has 1 aliphatic carbocycles. The average molecular weight is 270 g/mol. The van der Waals surface area contributed by atoms with Crippen LogP contribution in [0.15, 0.2) is 0 Å². The van der Waals surface area contributed by atoms with Crippen LogP contribution in [0.4, 0.5) is 0 Å². The third kappa shape index (κ3) is 3.69. The van der Waals surface area contributed by atoms with Crippen LogP contribution in [0.1, 0.15) is 34.1 Å². The Bertz CT molecular complexity index is 353. The fourth-order valence-electron chi connectivity index (χ4n) is 2.50. The highest BCUT2D eigenvalue weighted by Crippen LogP contribution is 2.58. The summed E-state index contributed by atoms with van der Waals surface area (Å²) in [6, 6.07) is 0.495. The maximum atomic E-state index is 11.9. The van der Waals surface area contributed by atoms with Crippen LogP contribution in [0, 0.1) is 17.3 Å². The topological polar surface area (TPSA) is 69.6 Å². The molecule has 0 spiro atoms. The van der Waals surface area contributed by atoms with Gasteiger partial charge in [0, 0.05) is 12.6 Å². The first kappa shape index (κ1) is 16.0. The van der Waals surface area contributed by atoms with Crippen LogP contribution in [-0.2, 0) is 9.59 Å². The zero-order valence-corrected chi connectivity index (χ0v) is 12.6. The van der Waals surface area contributed by atoms with Crippen LogP contribution in [0.2, 0.25) is 0 Å². The molecular weight excluding hydrogens is 244 g/mol. The van der Waals surface area contributed by atoms with Crippen molar-refractivity contribution in [3.63, 3.8) is 0 Å². The summed E-state index contributed by atoms with van der Waals surface area (Å²) in [7, 11) is 2.05. The van der Waals surface area contributed by atoms with Crippen molar-refractivity contribution in [2.75, 3.05) is 20.1 Å². The minimum Gasteiger partial charge on any atom is -0.481 e. The molecule has 2 atom stereocenters. The first-order valence-corrected chi connectivity index (χ1v) is 6.90. The van der Waals surface area contributed by atoms with Gasteiger partial charge in [0.1, 0.15) is 0 Å². The van der Waals surface area contributed by atoms with E-state index in [0.717, 1.165) is 13.0 Å². The second kappa shape index (κ2) is 5.90. The smallest absolute Gasteiger partial charge is 0.307 e. The minimum absolute atomic E-state index is 0.121. The Labute approximate surface area is 115 Å². The third-order valence-corrected chi connectivity index (χ3v) is 4.24. The van der Waals surface area contributed by atoms with Gasteiger partial charge in [-0.3, -0.25) is 9.59 Å². The van der Waals surface area contributed by atoms with Crippen LogP contribution < -0.4 is 5.32 Å². The van der Waals surface area contributed by atoms with Gasteiger partial charge in [-0.1, -0.05) is 13.8 Å². The van der Waals surface area contributed by atoms with Crippen LogP contribution in [-0.4, -0.2) is 48.1 Å².